The van der Waals surface area contributed by atoms with Gasteiger partial charge in [0.25, 0.3) is 0 Å². The first kappa shape index (κ1) is 33.7. The van der Waals surface area contributed by atoms with Crippen molar-refractivity contribution in [3.8, 4) is 28.3 Å². The van der Waals surface area contributed by atoms with Crippen LogP contribution in [-0.2, 0) is 12.0 Å². The molecule has 1 aromatic heterocycles. The second-order valence-electron chi connectivity index (χ2n) is 14.5. The van der Waals surface area contributed by atoms with Gasteiger partial charge in [-0.15, -0.1) is 0 Å². The first-order valence-corrected chi connectivity index (χ1v) is 19.5. The molecule has 1 heterocycles. The van der Waals surface area contributed by atoms with E-state index in [4.69, 9.17) is 13.8 Å². The van der Waals surface area contributed by atoms with E-state index in [1.807, 2.05) is 72.8 Å². The minimum absolute atomic E-state index is 0.159. The Hall–Kier alpha value is -4.75. The Morgan fingerprint density at radius 3 is 1.88 bits per heavy atom. The number of aromatic nitrogens is 1. The van der Waals surface area contributed by atoms with E-state index in [0.717, 1.165) is 35.3 Å². The van der Waals surface area contributed by atoms with Crippen molar-refractivity contribution < 1.29 is 19.1 Å². The van der Waals surface area contributed by atoms with Crippen molar-refractivity contribution in [2.75, 3.05) is 0 Å². The predicted octanol–water partition coefficient (Wildman–Crippen LogP) is 8.54. The fourth-order valence-corrected chi connectivity index (χ4v) is 12.2. The highest BCUT2D eigenvalue weighted by molar-refractivity contribution is 7.00. The van der Waals surface area contributed by atoms with Crippen molar-refractivity contribution in [1.82, 2.24) is 4.98 Å². The molecule has 0 bridgehead atoms. The van der Waals surface area contributed by atoms with Crippen LogP contribution in [0.1, 0.15) is 51.5 Å². The zero-order chi connectivity index (χ0) is 34.8. The molecule has 0 saturated heterocycles. The number of benzene rings is 5. The van der Waals surface area contributed by atoms with Crippen LogP contribution in [0.4, 0.5) is 0 Å². The van der Waals surface area contributed by atoms with Gasteiger partial charge in [-0.05, 0) is 52.4 Å². The van der Waals surface area contributed by atoms with Crippen molar-refractivity contribution in [1.29, 1.82) is 0 Å². The summed E-state index contributed by atoms with van der Waals surface area (Å²) >= 11 is 0. The molecule has 0 spiro atoms. The Labute approximate surface area is 296 Å². The molecule has 6 heteroatoms. The average molecular weight is 680 g/mol. The van der Waals surface area contributed by atoms with Gasteiger partial charge in [0.15, 0.2) is 11.4 Å². The minimum atomic E-state index is -2.84. The summed E-state index contributed by atoms with van der Waals surface area (Å²) in [4.78, 5) is 4.96. The van der Waals surface area contributed by atoms with E-state index in [9.17, 15) is 10.2 Å². The van der Waals surface area contributed by atoms with Gasteiger partial charge in [-0.3, -0.25) is 0 Å². The third-order valence-corrected chi connectivity index (χ3v) is 15.2. The standard InChI is InChI=1S/C44H45NO4Si/c1-43(2,3)50(37-25-12-6-13-26-37,38-27-14-7-15-28-38)49-36-24-16-18-32(31-36)30-35-23-17-29-39(46)44(35,47)42-45-40(33-19-8-4-9-20-33)41(48-42)34-21-10-5-11-22-34/h4-16,18-22,24-28,31,35,39,46-47H,17,23,29-30H2,1-3H3/t35-,39-,44+/m0/s1. The van der Waals surface area contributed by atoms with Crippen molar-refractivity contribution in [3.63, 3.8) is 0 Å². The fraction of sp³-hybridized carbons (Fsp3) is 0.250. The van der Waals surface area contributed by atoms with E-state index in [-0.39, 0.29) is 16.8 Å². The molecule has 0 aliphatic heterocycles. The van der Waals surface area contributed by atoms with Crippen LogP contribution in [0.2, 0.25) is 5.04 Å². The highest BCUT2D eigenvalue weighted by Gasteiger charge is 2.53. The summed E-state index contributed by atoms with van der Waals surface area (Å²) in [6.45, 7) is 6.82. The van der Waals surface area contributed by atoms with Gasteiger partial charge in [-0.25, -0.2) is 4.98 Å². The van der Waals surface area contributed by atoms with Crippen molar-refractivity contribution in [2.45, 2.75) is 63.2 Å². The smallest absolute Gasteiger partial charge is 0.319 e. The number of hydrogen-bond donors (Lipinski definition) is 2. The molecule has 1 saturated carbocycles. The summed E-state index contributed by atoms with van der Waals surface area (Å²) in [5, 5.41) is 26.4. The van der Waals surface area contributed by atoms with Crippen LogP contribution in [0.15, 0.2) is 150 Å². The number of aliphatic hydroxyl groups is 2. The molecule has 6 aromatic rings. The zero-order valence-electron chi connectivity index (χ0n) is 29.0. The Morgan fingerprint density at radius 1 is 0.740 bits per heavy atom. The van der Waals surface area contributed by atoms with Gasteiger partial charge in [-0.1, -0.05) is 161 Å². The molecule has 1 aliphatic carbocycles. The number of aliphatic hydroxyl groups excluding tert-OH is 1. The summed E-state index contributed by atoms with van der Waals surface area (Å²) in [7, 11) is -2.84. The summed E-state index contributed by atoms with van der Waals surface area (Å²) in [6.07, 6.45) is 1.48. The number of oxazole rings is 1. The van der Waals surface area contributed by atoms with Gasteiger partial charge in [0.1, 0.15) is 11.4 Å². The maximum absolute atomic E-state index is 12.6. The SMILES string of the molecule is CC(C)(C)[Si](Oc1cccc(C[C@@H]2CCC[C@H](O)[C@@]2(O)c2nc(-c3ccccc3)c(-c3ccccc3)o2)c1)(c1ccccc1)c1ccccc1. The van der Waals surface area contributed by atoms with Crippen LogP contribution in [0.3, 0.4) is 0 Å². The van der Waals surface area contributed by atoms with Crippen LogP contribution in [0.5, 0.6) is 5.75 Å². The quantitative estimate of drug-likeness (QED) is 0.150. The molecule has 0 unspecified atom stereocenters. The van der Waals surface area contributed by atoms with E-state index in [2.05, 4.69) is 93.6 Å². The lowest BCUT2D eigenvalue weighted by molar-refractivity contribution is -0.157. The molecule has 0 amide bonds. The van der Waals surface area contributed by atoms with Crippen LogP contribution >= 0.6 is 0 Å². The molecule has 50 heavy (non-hydrogen) atoms. The zero-order valence-corrected chi connectivity index (χ0v) is 30.0. The lowest BCUT2D eigenvalue weighted by Gasteiger charge is -2.43. The third kappa shape index (κ3) is 6.24. The molecule has 0 radical (unpaired) electrons. The Bertz CT molecular complexity index is 1910. The van der Waals surface area contributed by atoms with Gasteiger partial charge in [0.2, 0.25) is 5.89 Å². The van der Waals surface area contributed by atoms with Crippen molar-refractivity contribution in [2.24, 2.45) is 5.92 Å². The second kappa shape index (κ2) is 13.9. The van der Waals surface area contributed by atoms with E-state index >= 15 is 0 Å². The third-order valence-electron chi connectivity index (χ3n) is 10.3. The molecule has 1 fully saturated rings. The van der Waals surface area contributed by atoms with E-state index < -0.39 is 20.0 Å². The van der Waals surface area contributed by atoms with Crippen molar-refractivity contribution in [3.05, 3.63) is 157 Å². The Balaban J connectivity index is 1.26. The van der Waals surface area contributed by atoms with Gasteiger partial charge in [0, 0.05) is 17.0 Å². The molecule has 5 nitrogen and oxygen atoms in total. The molecular formula is C44H45NO4Si. The topological polar surface area (TPSA) is 75.7 Å². The normalized spacial score (nSPS) is 19.6. The predicted molar refractivity (Wildman–Crippen MR) is 203 cm³/mol. The van der Waals surface area contributed by atoms with Gasteiger partial charge in [-0.2, -0.15) is 0 Å². The molecule has 7 rings (SSSR count). The molecule has 2 N–H and O–H groups in total. The van der Waals surface area contributed by atoms with Gasteiger partial charge >= 0.3 is 8.32 Å². The number of hydrogen-bond acceptors (Lipinski definition) is 5. The monoisotopic (exact) mass is 679 g/mol. The average Bonchev–Trinajstić information content (AvgIpc) is 3.60. The molecular weight excluding hydrogens is 635 g/mol. The molecule has 5 aromatic carbocycles. The van der Waals surface area contributed by atoms with Gasteiger partial charge in [0.05, 0.1) is 6.10 Å². The lowest BCUT2D eigenvalue weighted by Crippen LogP contribution is -2.68. The lowest BCUT2D eigenvalue weighted by atomic mass is 9.70. The van der Waals surface area contributed by atoms with Crippen LogP contribution in [0, 0.1) is 5.92 Å². The number of rotatable bonds is 9. The number of nitrogens with zero attached hydrogens (tertiary/aromatic N) is 1. The van der Waals surface area contributed by atoms with Gasteiger partial charge < -0.3 is 19.1 Å². The minimum Gasteiger partial charge on any atom is -0.534 e. The summed E-state index contributed by atoms with van der Waals surface area (Å²) in [6, 6.07) is 49.2. The largest absolute Gasteiger partial charge is 0.534 e. The first-order chi connectivity index (χ1) is 24.2. The van der Waals surface area contributed by atoms with Crippen LogP contribution < -0.4 is 14.8 Å². The molecule has 254 valence electrons. The van der Waals surface area contributed by atoms with Crippen LogP contribution in [0.25, 0.3) is 22.6 Å². The summed E-state index contributed by atoms with van der Waals surface area (Å²) < 4.78 is 13.9. The maximum atomic E-state index is 12.6. The highest BCUT2D eigenvalue weighted by Crippen LogP contribution is 2.46. The van der Waals surface area contributed by atoms with E-state index in [0.29, 0.717) is 24.3 Å². The molecule has 3 atom stereocenters. The van der Waals surface area contributed by atoms with Crippen LogP contribution in [-0.4, -0.2) is 29.6 Å². The second-order valence-corrected chi connectivity index (χ2v) is 18.7. The maximum Gasteiger partial charge on any atom is 0.319 e. The van der Waals surface area contributed by atoms with E-state index in [1.165, 1.54) is 10.4 Å². The molecule has 1 aliphatic rings. The fourth-order valence-electron chi connectivity index (χ4n) is 7.76. The summed E-state index contributed by atoms with van der Waals surface area (Å²) in [5.41, 5.74) is 1.75. The Morgan fingerprint density at radius 2 is 1.30 bits per heavy atom. The van der Waals surface area contributed by atoms with Crippen molar-refractivity contribution >= 4 is 18.7 Å². The highest BCUT2D eigenvalue weighted by atomic mass is 28.4. The van der Waals surface area contributed by atoms with E-state index in [1.54, 1.807) is 0 Å². The Kier molecular flexibility index (Phi) is 9.36. The summed E-state index contributed by atoms with van der Waals surface area (Å²) in [5.74, 6) is 1.20. The first-order valence-electron chi connectivity index (χ1n) is 17.6.